The predicted molar refractivity (Wildman–Crippen MR) is 103 cm³/mol. The van der Waals surface area contributed by atoms with Gasteiger partial charge in [-0.05, 0) is 35.9 Å². The van der Waals surface area contributed by atoms with E-state index in [-0.39, 0.29) is 5.91 Å². The largest absolute Gasteiger partial charge is 0.398 e. The van der Waals surface area contributed by atoms with E-state index in [4.69, 9.17) is 11.1 Å². The van der Waals surface area contributed by atoms with Crippen LogP contribution in [0.25, 0.3) is 17.2 Å². The van der Waals surface area contributed by atoms with Crippen LogP contribution in [-0.4, -0.2) is 26.9 Å². The van der Waals surface area contributed by atoms with E-state index in [0.29, 0.717) is 16.9 Å². The lowest BCUT2D eigenvalue weighted by Crippen LogP contribution is -2.08. The fraction of sp³-hybridized carbons (Fsp3) is 0.0526. The number of anilines is 2. The average molecular weight is 346 g/mol. The number of nitrogens with one attached hydrogen (secondary N) is 2. The molecule has 0 unspecified atom stereocenters. The van der Waals surface area contributed by atoms with Gasteiger partial charge in [0.05, 0.1) is 6.20 Å². The van der Waals surface area contributed by atoms with Gasteiger partial charge in [0.1, 0.15) is 0 Å². The van der Waals surface area contributed by atoms with E-state index in [2.05, 4.69) is 15.4 Å². The number of nitrogens with two attached hydrogens (primary N) is 1. The Bertz CT molecular complexity index is 989. The molecule has 0 bridgehead atoms. The highest BCUT2D eigenvalue weighted by molar-refractivity contribution is 6.03. The summed E-state index contributed by atoms with van der Waals surface area (Å²) in [6, 6.07) is 6.88. The molecule has 0 aliphatic heterocycles. The fourth-order valence-corrected chi connectivity index (χ4v) is 2.49. The number of aromatic nitrogens is 3. The van der Waals surface area contributed by atoms with Crippen LogP contribution in [0.1, 0.15) is 11.1 Å². The van der Waals surface area contributed by atoms with Crippen LogP contribution in [0.4, 0.5) is 11.4 Å². The van der Waals surface area contributed by atoms with Crippen molar-refractivity contribution in [1.82, 2.24) is 14.8 Å². The lowest BCUT2D eigenvalue weighted by Gasteiger charge is -2.06. The molecular formula is C19H18N6O. The molecule has 7 heteroatoms. The number of pyridine rings is 1. The van der Waals surface area contributed by atoms with Gasteiger partial charge in [-0.15, -0.1) is 0 Å². The number of amides is 1. The van der Waals surface area contributed by atoms with Gasteiger partial charge in [0.25, 0.3) is 0 Å². The molecule has 4 N–H and O–H groups in total. The maximum absolute atomic E-state index is 12.2. The molecule has 2 aromatic heterocycles. The highest BCUT2D eigenvalue weighted by atomic mass is 16.1. The van der Waals surface area contributed by atoms with Gasteiger partial charge in [-0.3, -0.25) is 14.5 Å². The van der Waals surface area contributed by atoms with Crippen LogP contribution in [0.2, 0.25) is 0 Å². The molecule has 0 atom stereocenters. The first-order valence-corrected chi connectivity index (χ1v) is 7.89. The van der Waals surface area contributed by atoms with Crippen molar-refractivity contribution in [2.24, 2.45) is 7.05 Å². The van der Waals surface area contributed by atoms with Crippen molar-refractivity contribution in [3.05, 3.63) is 66.3 Å². The molecule has 7 nitrogen and oxygen atoms in total. The second kappa shape index (κ2) is 7.43. The monoisotopic (exact) mass is 346 g/mol. The normalized spacial score (nSPS) is 10.8. The first-order valence-electron chi connectivity index (χ1n) is 7.89. The number of nitrogen functional groups attached to an aromatic ring is 1. The van der Waals surface area contributed by atoms with Crippen LogP contribution in [-0.2, 0) is 11.8 Å². The zero-order valence-corrected chi connectivity index (χ0v) is 14.2. The molecule has 0 saturated heterocycles. The number of carbonyl (C=O) groups excluding carboxylic acids is 1. The maximum atomic E-state index is 12.2. The molecule has 130 valence electrons. The van der Waals surface area contributed by atoms with Crippen molar-refractivity contribution in [3.63, 3.8) is 0 Å². The second-order valence-electron chi connectivity index (χ2n) is 5.68. The van der Waals surface area contributed by atoms with Crippen LogP contribution in [0.15, 0.2) is 55.1 Å². The number of carbonyl (C=O) groups is 1. The Morgan fingerprint density at radius 3 is 2.85 bits per heavy atom. The van der Waals surface area contributed by atoms with Gasteiger partial charge < -0.3 is 16.5 Å². The van der Waals surface area contributed by atoms with Crippen molar-refractivity contribution in [3.8, 4) is 11.1 Å². The third-order valence-corrected chi connectivity index (χ3v) is 3.79. The molecular weight excluding hydrogens is 328 g/mol. The number of hydrogen-bond donors (Lipinski definition) is 3. The molecule has 0 aliphatic rings. The summed E-state index contributed by atoms with van der Waals surface area (Å²) >= 11 is 0. The van der Waals surface area contributed by atoms with E-state index in [1.807, 2.05) is 19.3 Å². The summed E-state index contributed by atoms with van der Waals surface area (Å²) in [4.78, 5) is 16.3. The van der Waals surface area contributed by atoms with E-state index >= 15 is 0 Å². The van der Waals surface area contributed by atoms with E-state index in [1.54, 1.807) is 47.5 Å². The van der Waals surface area contributed by atoms with Crippen LogP contribution < -0.4 is 11.1 Å². The van der Waals surface area contributed by atoms with Crippen molar-refractivity contribution < 1.29 is 4.79 Å². The molecule has 1 amide bonds. The van der Waals surface area contributed by atoms with Crippen molar-refractivity contribution in [2.75, 3.05) is 11.1 Å². The summed E-state index contributed by atoms with van der Waals surface area (Å²) in [5, 5.41) is 14.2. The first-order chi connectivity index (χ1) is 12.6. The number of nitrogens with zero attached hydrogens (tertiary/aromatic N) is 3. The molecule has 0 spiro atoms. The Balaban J connectivity index is 1.78. The lowest BCUT2D eigenvalue weighted by molar-refractivity contribution is -0.111. The summed E-state index contributed by atoms with van der Waals surface area (Å²) in [5.74, 6) is -0.285. The Labute approximate surface area is 150 Å². The minimum Gasteiger partial charge on any atom is -0.398 e. The van der Waals surface area contributed by atoms with Crippen LogP contribution in [0, 0.1) is 5.41 Å². The highest BCUT2D eigenvalue weighted by Crippen LogP contribution is 2.23. The number of benzene rings is 1. The Morgan fingerprint density at radius 1 is 1.27 bits per heavy atom. The zero-order chi connectivity index (χ0) is 18.5. The smallest absolute Gasteiger partial charge is 0.248 e. The molecule has 26 heavy (non-hydrogen) atoms. The molecule has 3 rings (SSSR count). The molecule has 0 fully saturated rings. The minimum absolute atomic E-state index is 0.285. The van der Waals surface area contributed by atoms with Gasteiger partial charge >= 0.3 is 0 Å². The first kappa shape index (κ1) is 17.1. The number of rotatable bonds is 5. The predicted octanol–water partition coefficient (Wildman–Crippen LogP) is 2.71. The third kappa shape index (κ3) is 3.84. The number of aryl methyl sites for hydroxylation is 1. The third-order valence-electron chi connectivity index (χ3n) is 3.79. The Kier molecular flexibility index (Phi) is 4.89. The van der Waals surface area contributed by atoms with Crippen LogP contribution >= 0.6 is 0 Å². The van der Waals surface area contributed by atoms with E-state index in [9.17, 15) is 4.79 Å². The quantitative estimate of drug-likeness (QED) is 0.375. The van der Waals surface area contributed by atoms with Crippen molar-refractivity contribution >= 4 is 29.6 Å². The van der Waals surface area contributed by atoms with Gasteiger partial charge in [-0.2, -0.15) is 5.10 Å². The molecule has 0 aliphatic carbocycles. The lowest BCUT2D eigenvalue weighted by atomic mass is 10.0. The van der Waals surface area contributed by atoms with Crippen molar-refractivity contribution in [1.29, 1.82) is 5.41 Å². The van der Waals surface area contributed by atoms with Gasteiger partial charge in [0.2, 0.25) is 5.91 Å². The van der Waals surface area contributed by atoms with Crippen LogP contribution in [0.3, 0.4) is 0 Å². The summed E-state index contributed by atoms with van der Waals surface area (Å²) in [7, 11) is 1.85. The molecule has 0 radical (unpaired) electrons. The van der Waals surface area contributed by atoms with Gasteiger partial charge in [-0.1, -0.05) is 0 Å². The second-order valence-corrected chi connectivity index (χ2v) is 5.68. The summed E-state index contributed by atoms with van der Waals surface area (Å²) in [6.07, 6.45) is 11.4. The number of hydrogen-bond acceptors (Lipinski definition) is 5. The van der Waals surface area contributed by atoms with Crippen LogP contribution in [0.5, 0.6) is 0 Å². The highest BCUT2D eigenvalue weighted by Gasteiger charge is 2.06. The topological polar surface area (TPSA) is 110 Å². The van der Waals surface area contributed by atoms with E-state index in [0.717, 1.165) is 22.9 Å². The van der Waals surface area contributed by atoms with Crippen molar-refractivity contribution in [2.45, 2.75) is 0 Å². The minimum atomic E-state index is -0.285. The molecule has 0 saturated carbocycles. The SMILES string of the molecule is Cn1cc(-c2ccncc2/C=C/C(=O)Nc2ccc(N)c(C=N)c2)cn1. The molecule has 3 aromatic rings. The van der Waals surface area contributed by atoms with E-state index < -0.39 is 0 Å². The Morgan fingerprint density at radius 2 is 2.12 bits per heavy atom. The Hall–Kier alpha value is -3.74. The van der Waals surface area contributed by atoms with Gasteiger partial charge in [0, 0.05) is 66.0 Å². The van der Waals surface area contributed by atoms with E-state index in [1.165, 1.54) is 6.08 Å². The summed E-state index contributed by atoms with van der Waals surface area (Å²) < 4.78 is 1.72. The molecule has 1 aromatic carbocycles. The standard InChI is InChI=1S/C19H18N6O/c1-25-12-15(11-23-25)17-6-7-22-10-13(17)2-5-19(26)24-16-3-4-18(21)14(8-16)9-20/h2-12,20H,21H2,1H3,(H,24,26)/b5-2+,20-9?. The fourth-order valence-electron chi connectivity index (χ4n) is 2.49. The zero-order valence-electron chi connectivity index (χ0n) is 14.2. The maximum Gasteiger partial charge on any atom is 0.248 e. The van der Waals surface area contributed by atoms with Gasteiger partial charge in [0.15, 0.2) is 0 Å². The van der Waals surface area contributed by atoms with Gasteiger partial charge in [-0.25, -0.2) is 0 Å². The average Bonchev–Trinajstić information content (AvgIpc) is 3.08. The summed E-state index contributed by atoms with van der Waals surface area (Å²) in [5.41, 5.74) is 10.1. The summed E-state index contributed by atoms with van der Waals surface area (Å²) in [6.45, 7) is 0. The molecule has 2 heterocycles.